The first kappa shape index (κ1) is 19.0. The van der Waals surface area contributed by atoms with Crippen LogP contribution in [0.2, 0.25) is 0 Å². The van der Waals surface area contributed by atoms with Gasteiger partial charge in [-0.25, -0.2) is 0 Å². The number of nitrogens with one attached hydrogen (secondary N) is 1. The van der Waals surface area contributed by atoms with E-state index in [1.54, 1.807) is 36.4 Å². The molecular formula is C18H22N2O4S. The zero-order chi connectivity index (χ0) is 18.4. The van der Waals surface area contributed by atoms with Crippen molar-refractivity contribution in [3.63, 3.8) is 0 Å². The van der Waals surface area contributed by atoms with Gasteiger partial charge in [0, 0.05) is 24.5 Å². The Labute approximate surface area is 148 Å². The van der Waals surface area contributed by atoms with E-state index < -0.39 is 21.3 Å². The average molecular weight is 362 g/mol. The zero-order valence-corrected chi connectivity index (χ0v) is 15.0. The Morgan fingerprint density at radius 1 is 1.08 bits per heavy atom. The first-order valence-corrected chi connectivity index (χ1v) is 9.54. The molecule has 1 amide bonds. The Hall–Kier alpha value is -2.38. The van der Waals surface area contributed by atoms with Crippen molar-refractivity contribution in [1.29, 1.82) is 0 Å². The molecule has 2 N–H and O–H groups in total. The summed E-state index contributed by atoms with van der Waals surface area (Å²) in [6.45, 7) is 5.67. The maximum atomic E-state index is 12.5. The van der Waals surface area contributed by atoms with E-state index in [0.717, 1.165) is 18.8 Å². The third-order valence-corrected chi connectivity index (χ3v) is 4.96. The number of benzene rings is 2. The van der Waals surface area contributed by atoms with Crippen LogP contribution < -0.4 is 10.2 Å². The third-order valence-electron chi connectivity index (χ3n) is 3.88. The van der Waals surface area contributed by atoms with Gasteiger partial charge in [-0.2, -0.15) is 8.42 Å². The smallest absolute Gasteiger partial charge is 0.281 e. The lowest BCUT2D eigenvalue weighted by atomic mass is 10.1. The number of hydrogen-bond acceptors (Lipinski definition) is 4. The molecule has 0 aliphatic heterocycles. The highest BCUT2D eigenvalue weighted by Crippen LogP contribution is 2.25. The molecule has 1 atom stereocenters. The summed E-state index contributed by atoms with van der Waals surface area (Å²) >= 11 is 0. The summed E-state index contributed by atoms with van der Waals surface area (Å²) in [6, 6.07) is 15.1. The Balaban J connectivity index is 2.29. The van der Waals surface area contributed by atoms with Crippen molar-refractivity contribution in [2.24, 2.45) is 0 Å². The fourth-order valence-corrected chi connectivity index (χ4v) is 3.49. The summed E-state index contributed by atoms with van der Waals surface area (Å²) in [5, 5.41) is 0.911. The highest BCUT2D eigenvalue weighted by Gasteiger charge is 2.32. The van der Waals surface area contributed by atoms with E-state index in [1.165, 1.54) is 12.1 Å². The molecule has 0 aromatic heterocycles. The minimum atomic E-state index is -4.60. The van der Waals surface area contributed by atoms with Crippen molar-refractivity contribution in [3.8, 4) is 0 Å². The number of nitrogens with zero attached hydrogens (tertiary/aromatic N) is 1. The molecule has 7 heteroatoms. The van der Waals surface area contributed by atoms with Crippen LogP contribution in [0.1, 0.15) is 24.7 Å². The molecule has 0 aliphatic rings. The summed E-state index contributed by atoms with van der Waals surface area (Å²) in [5.41, 5.74) is 1.60. The number of anilines is 2. The number of hydrogen-bond donors (Lipinski definition) is 2. The Morgan fingerprint density at radius 3 is 2.28 bits per heavy atom. The van der Waals surface area contributed by atoms with Crippen molar-refractivity contribution in [1.82, 2.24) is 0 Å². The topological polar surface area (TPSA) is 86.7 Å². The SMILES string of the molecule is CCN(CC)c1cccc(NC(=O)C(c2ccccc2)S(=O)(=O)O)c1. The van der Waals surface area contributed by atoms with Crippen LogP contribution in [0.4, 0.5) is 11.4 Å². The van der Waals surface area contributed by atoms with Gasteiger partial charge < -0.3 is 10.2 Å². The predicted molar refractivity (Wildman–Crippen MR) is 99.4 cm³/mol. The van der Waals surface area contributed by atoms with E-state index >= 15 is 0 Å². The van der Waals surface area contributed by atoms with Crippen LogP contribution in [0, 0.1) is 0 Å². The molecule has 0 spiro atoms. The minimum absolute atomic E-state index is 0.211. The third kappa shape index (κ3) is 4.80. The molecule has 6 nitrogen and oxygen atoms in total. The summed E-state index contributed by atoms with van der Waals surface area (Å²) in [5.74, 6) is -0.801. The molecule has 2 aromatic carbocycles. The van der Waals surface area contributed by atoms with E-state index in [-0.39, 0.29) is 5.56 Å². The summed E-state index contributed by atoms with van der Waals surface area (Å²) in [6.07, 6.45) is 0. The maximum Gasteiger partial charge on any atom is 0.281 e. The lowest BCUT2D eigenvalue weighted by molar-refractivity contribution is -0.116. The van der Waals surface area contributed by atoms with Crippen LogP contribution in [0.3, 0.4) is 0 Å². The van der Waals surface area contributed by atoms with Crippen LogP contribution >= 0.6 is 0 Å². The monoisotopic (exact) mass is 362 g/mol. The van der Waals surface area contributed by atoms with Gasteiger partial charge in [0.15, 0.2) is 5.25 Å². The van der Waals surface area contributed by atoms with E-state index in [1.807, 2.05) is 19.9 Å². The summed E-state index contributed by atoms with van der Waals surface area (Å²) < 4.78 is 32.9. The number of amides is 1. The number of rotatable bonds is 7. The van der Waals surface area contributed by atoms with Gasteiger partial charge in [-0.3, -0.25) is 9.35 Å². The highest BCUT2D eigenvalue weighted by atomic mass is 32.2. The van der Waals surface area contributed by atoms with Crippen LogP contribution in [0.25, 0.3) is 0 Å². The van der Waals surface area contributed by atoms with Crippen molar-refractivity contribution in [2.45, 2.75) is 19.1 Å². The molecule has 0 heterocycles. The Bertz CT molecular complexity index is 818. The van der Waals surface area contributed by atoms with Crippen molar-refractivity contribution in [2.75, 3.05) is 23.3 Å². The second-order valence-electron chi connectivity index (χ2n) is 5.52. The van der Waals surface area contributed by atoms with Gasteiger partial charge in [-0.15, -0.1) is 0 Å². The van der Waals surface area contributed by atoms with Gasteiger partial charge in [-0.1, -0.05) is 36.4 Å². The predicted octanol–water partition coefficient (Wildman–Crippen LogP) is 3.10. The molecule has 25 heavy (non-hydrogen) atoms. The van der Waals surface area contributed by atoms with Gasteiger partial charge in [0.1, 0.15) is 0 Å². The van der Waals surface area contributed by atoms with Crippen molar-refractivity contribution in [3.05, 3.63) is 60.2 Å². The molecule has 0 fully saturated rings. The molecule has 2 rings (SSSR count). The van der Waals surface area contributed by atoms with Crippen molar-refractivity contribution < 1.29 is 17.8 Å². The molecule has 0 saturated carbocycles. The highest BCUT2D eigenvalue weighted by molar-refractivity contribution is 7.86. The standard InChI is InChI=1S/C18H22N2O4S/c1-3-20(4-2)16-12-8-11-15(13-16)19-18(21)17(25(22,23)24)14-9-6-5-7-10-14/h5-13,17H,3-4H2,1-2H3,(H,19,21)(H,22,23,24). The fourth-order valence-electron chi connectivity index (χ4n) is 2.66. The number of carbonyl (C=O) groups excluding carboxylic acids is 1. The molecule has 1 unspecified atom stereocenters. The van der Waals surface area contributed by atoms with Gasteiger partial charge >= 0.3 is 0 Å². The first-order valence-electron chi connectivity index (χ1n) is 8.04. The minimum Gasteiger partial charge on any atom is -0.372 e. The lowest BCUT2D eigenvalue weighted by Crippen LogP contribution is -2.28. The molecule has 2 aromatic rings. The van der Waals surface area contributed by atoms with Crippen LogP contribution in [-0.4, -0.2) is 32.0 Å². The zero-order valence-electron chi connectivity index (χ0n) is 14.2. The fraction of sp³-hybridized carbons (Fsp3) is 0.278. The molecular weight excluding hydrogens is 340 g/mol. The quantitative estimate of drug-likeness (QED) is 0.739. The van der Waals surface area contributed by atoms with E-state index in [4.69, 9.17) is 0 Å². The van der Waals surface area contributed by atoms with Gasteiger partial charge in [0.05, 0.1) is 0 Å². The lowest BCUT2D eigenvalue weighted by Gasteiger charge is -2.22. The molecule has 0 saturated heterocycles. The van der Waals surface area contributed by atoms with Crippen molar-refractivity contribution >= 4 is 27.4 Å². The average Bonchev–Trinajstić information content (AvgIpc) is 2.56. The summed E-state index contributed by atoms with van der Waals surface area (Å²) in [7, 11) is -4.60. The van der Waals surface area contributed by atoms with Crippen LogP contribution in [-0.2, 0) is 14.9 Å². The second kappa shape index (κ2) is 8.13. The maximum absolute atomic E-state index is 12.5. The number of carbonyl (C=O) groups is 1. The summed E-state index contributed by atoms with van der Waals surface area (Å²) in [4.78, 5) is 14.6. The first-order chi connectivity index (χ1) is 11.9. The van der Waals surface area contributed by atoms with Crippen LogP contribution in [0.15, 0.2) is 54.6 Å². The molecule has 0 bridgehead atoms. The molecule has 0 radical (unpaired) electrons. The van der Waals surface area contributed by atoms with Crippen LogP contribution in [0.5, 0.6) is 0 Å². The second-order valence-corrected chi connectivity index (χ2v) is 7.02. The van der Waals surface area contributed by atoms with E-state index in [0.29, 0.717) is 5.69 Å². The Kier molecular flexibility index (Phi) is 6.17. The normalized spacial score (nSPS) is 12.4. The van der Waals surface area contributed by atoms with E-state index in [2.05, 4.69) is 10.2 Å². The molecule has 134 valence electrons. The van der Waals surface area contributed by atoms with Gasteiger partial charge in [0.25, 0.3) is 10.1 Å². The van der Waals surface area contributed by atoms with Gasteiger partial charge in [0.2, 0.25) is 5.91 Å². The van der Waals surface area contributed by atoms with Gasteiger partial charge in [-0.05, 0) is 37.6 Å². The molecule has 0 aliphatic carbocycles. The Morgan fingerprint density at radius 2 is 1.72 bits per heavy atom. The largest absolute Gasteiger partial charge is 0.372 e. The van der Waals surface area contributed by atoms with E-state index in [9.17, 15) is 17.8 Å².